The number of benzene rings is 1. The SMILES string of the molecule is N#Cc1cnc(Nc2c(C(=O)NOC[C@H](O)CO)ccc(F)c2F)c(Br)c1. The Morgan fingerprint density at radius 2 is 2.19 bits per heavy atom. The van der Waals surface area contributed by atoms with Crippen molar-refractivity contribution in [1.29, 1.82) is 5.26 Å². The van der Waals surface area contributed by atoms with Crippen molar-refractivity contribution in [3.63, 3.8) is 0 Å². The Bertz CT molecular complexity index is 891. The fourth-order valence-electron chi connectivity index (χ4n) is 1.88. The molecule has 0 bridgehead atoms. The monoisotopic (exact) mass is 442 g/mol. The molecule has 27 heavy (non-hydrogen) atoms. The molecular weight excluding hydrogens is 430 g/mol. The summed E-state index contributed by atoms with van der Waals surface area (Å²) >= 11 is 3.15. The number of hydrogen-bond donors (Lipinski definition) is 4. The van der Waals surface area contributed by atoms with Crippen LogP contribution in [0.2, 0.25) is 0 Å². The molecule has 8 nitrogen and oxygen atoms in total. The van der Waals surface area contributed by atoms with Crippen LogP contribution >= 0.6 is 15.9 Å². The van der Waals surface area contributed by atoms with Crippen molar-refractivity contribution < 1.29 is 28.6 Å². The minimum absolute atomic E-state index is 0.0455. The lowest BCUT2D eigenvalue weighted by Crippen LogP contribution is -2.30. The van der Waals surface area contributed by atoms with Crippen LogP contribution in [0.1, 0.15) is 15.9 Å². The third-order valence-corrected chi connectivity index (χ3v) is 3.81. The van der Waals surface area contributed by atoms with E-state index >= 15 is 0 Å². The molecule has 4 N–H and O–H groups in total. The third-order valence-electron chi connectivity index (χ3n) is 3.20. The van der Waals surface area contributed by atoms with Gasteiger partial charge in [-0.1, -0.05) is 0 Å². The number of aliphatic hydroxyl groups excluding tert-OH is 2. The zero-order valence-corrected chi connectivity index (χ0v) is 15.1. The number of carbonyl (C=O) groups excluding carboxylic acids is 1. The molecule has 0 aliphatic rings. The Balaban J connectivity index is 2.29. The first-order valence-corrected chi connectivity index (χ1v) is 8.18. The van der Waals surface area contributed by atoms with Gasteiger partial charge in [0.25, 0.3) is 5.91 Å². The maximum atomic E-state index is 14.3. The number of halogens is 3. The fraction of sp³-hybridized carbons (Fsp3) is 0.188. The Morgan fingerprint density at radius 1 is 1.44 bits per heavy atom. The van der Waals surface area contributed by atoms with Crippen molar-refractivity contribution in [3.8, 4) is 6.07 Å². The molecule has 0 fully saturated rings. The van der Waals surface area contributed by atoms with E-state index in [0.29, 0.717) is 4.47 Å². The number of nitriles is 1. The lowest BCUT2D eigenvalue weighted by molar-refractivity contribution is -0.0295. The van der Waals surface area contributed by atoms with E-state index in [0.717, 1.165) is 12.1 Å². The lowest BCUT2D eigenvalue weighted by atomic mass is 10.1. The van der Waals surface area contributed by atoms with Gasteiger partial charge in [0, 0.05) is 6.20 Å². The van der Waals surface area contributed by atoms with Gasteiger partial charge in [-0.05, 0) is 34.1 Å². The molecule has 0 radical (unpaired) electrons. The summed E-state index contributed by atoms with van der Waals surface area (Å²) in [6.45, 7) is -0.982. The van der Waals surface area contributed by atoms with Crippen LogP contribution in [0, 0.1) is 23.0 Å². The molecule has 0 aliphatic heterocycles. The van der Waals surface area contributed by atoms with Crippen LogP contribution in [0.25, 0.3) is 0 Å². The van der Waals surface area contributed by atoms with Crippen molar-refractivity contribution in [1.82, 2.24) is 10.5 Å². The summed E-state index contributed by atoms with van der Waals surface area (Å²) in [7, 11) is 0. The molecular formula is C16H13BrF2N4O4. The van der Waals surface area contributed by atoms with Crippen molar-refractivity contribution >= 4 is 33.3 Å². The topological polar surface area (TPSA) is 128 Å². The predicted octanol–water partition coefficient (Wildman–Crippen LogP) is 1.75. The highest BCUT2D eigenvalue weighted by atomic mass is 79.9. The summed E-state index contributed by atoms with van der Waals surface area (Å²) < 4.78 is 28.2. The molecule has 2 rings (SSSR count). The Morgan fingerprint density at radius 3 is 2.81 bits per heavy atom. The first-order chi connectivity index (χ1) is 12.9. The first kappa shape index (κ1) is 20.7. The van der Waals surface area contributed by atoms with E-state index < -0.39 is 42.5 Å². The summed E-state index contributed by atoms with van der Waals surface area (Å²) in [4.78, 5) is 20.8. The molecule has 2 aromatic rings. The normalized spacial score (nSPS) is 11.6. The summed E-state index contributed by atoms with van der Waals surface area (Å²) in [5.74, 6) is -3.40. The van der Waals surface area contributed by atoms with Gasteiger partial charge in [-0.15, -0.1) is 0 Å². The van der Waals surface area contributed by atoms with Crippen LogP contribution in [0.4, 0.5) is 20.3 Å². The van der Waals surface area contributed by atoms with Crippen molar-refractivity contribution in [2.45, 2.75) is 6.10 Å². The smallest absolute Gasteiger partial charge is 0.277 e. The number of pyridine rings is 1. The molecule has 1 aromatic carbocycles. The molecule has 11 heteroatoms. The number of nitrogens with zero attached hydrogens (tertiary/aromatic N) is 2. The van der Waals surface area contributed by atoms with Crippen LogP contribution in [0.5, 0.6) is 0 Å². The predicted molar refractivity (Wildman–Crippen MR) is 92.8 cm³/mol. The average molecular weight is 443 g/mol. The van der Waals surface area contributed by atoms with E-state index in [1.807, 2.05) is 11.5 Å². The van der Waals surface area contributed by atoms with Gasteiger partial charge in [-0.3, -0.25) is 9.63 Å². The van der Waals surface area contributed by atoms with E-state index in [1.54, 1.807) is 0 Å². The lowest BCUT2D eigenvalue weighted by Gasteiger charge is -2.14. The van der Waals surface area contributed by atoms with Crippen molar-refractivity contribution in [3.05, 3.63) is 51.6 Å². The number of carbonyl (C=O) groups is 1. The second kappa shape index (κ2) is 9.33. The van der Waals surface area contributed by atoms with Gasteiger partial charge >= 0.3 is 0 Å². The molecule has 0 unspecified atom stereocenters. The maximum absolute atomic E-state index is 14.3. The number of amides is 1. The van der Waals surface area contributed by atoms with Crippen LogP contribution in [0.15, 0.2) is 28.9 Å². The molecule has 1 aromatic heterocycles. The van der Waals surface area contributed by atoms with Crippen LogP contribution in [-0.2, 0) is 4.84 Å². The van der Waals surface area contributed by atoms with Crippen LogP contribution in [-0.4, -0.2) is 40.4 Å². The second-order valence-electron chi connectivity index (χ2n) is 5.15. The van der Waals surface area contributed by atoms with Crippen molar-refractivity contribution in [2.24, 2.45) is 0 Å². The molecule has 0 saturated carbocycles. The summed E-state index contributed by atoms with van der Waals surface area (Å²) in [6.07, 6.45) is -0.00433. The van der Waals surface area contributed by atoms with Crippen molar-refractivity contribution in [2.75, 3.05) is 18.5 Å². The zero-order valence-electron chi connectivity index (χ0n) is 13.5. The number of aromatic nitrogens is 1. The van der Waals surface area contributed by atoms with Gasteiger partial charge in [0.05, 0.1) is 27.9 Å². The number of nitrogens with one attached hydrogen (secondary N) is 2. The number of hydrogen-bond acceptors (Lipinski definition) is 7. The molecule has 0 aliphatic carbocycles. The van der Waals surface area contributed by atoms with Gasteiger partial charge in [0.1, 0.15) is 24.6 Å². The third kappa shape index (κ3) is 5.18. The van der Waals surface area contributed by atoms with E-state index in [2.05, 4.69) is 26.2 Å². The molecule has 1 heterocycles. The summed E-state index contributed by atoms with van der Waals surface area (Å²) in [5.41, 5.74) is 1.39. The quantitative estimate of drug-likeness (QED) is 0.481. The highest BCUT2D eigenvalue weighted by Gasteiger charge is 2.20. The van der Waals surface area contributed by atoms with Crippen LogP contribution in [0.3, 0.4) is 0 Å². The van der Waals surface area contributed by atoms with Gasteiger partial charge in [0.2, 0.25) is 0 Å². The molecule has 142 valence electrons. The maximum Gasteiger partial charge on any atom is 0.277 e. The number of hydroxylamine groups is 1. The highest BCUT2D eigenvalue weighted by Crippen LogP contribution is 2.29. The van der Waals surface area contributed by atoms with Gasteiger partial charge in [-0.25, -0.2) is 19.2 Å². The second-order valence-corrected chi connectivity index (χ2v) is 6.01. The fourth-order valence-corrected chi connectivity index (χ4v) is 2.33. The minimum atomic E-state index is -1.32. The van der Waals surface area contributed by atoms with Gasteiger partial charge < -0.3 is 15.5 Å². The Kier molecular flexibility index (Phi) is 7.14. The molecule has 1 atom stereocenters. The number of anilines is 2. The van der Waals surface area contributed by atoms with E-state index in [1.165, 1.54) is 12.3 Å². The number of rotatable bonds is 7. The highest BCUT2D eigenvalue weighted by molar-refractivity contribution is 9.10. The molecule has 1 amide bonds. The van der Waals surface area contributed by atoms with E-state index in [-0.39, 0.29) is 16.9 Å². The summed E-state index contributed by atoms with van der Waals surface area (Å²) in [5, 5.41) is 29.2. The molecule has 0 spiro atoms. The van der Waals surface area contributed by atoms with E-state index in [4.69, 9.17) is 20.3 Å². The van der Waals surface area contributed by atoms with Gasteiger partial charge in [0.15, 0.2) is 11.6 Å². The standard InChI is InChI=1S/C16H13BrF2N4O4/c17-11-3-8(4-20)5-21-15(11)22-14-10(1-2-12(18)13(14)19)16(26)23-27-7-9(25)6-24/h1-3,5,9,24-25H,6-7H2,(H,21,22)(H,23,26)/t9-/m1/s1. The summed E-state index contributed by atoms with van der Waals surface area (Å²) in [6, 6.07) is 5.07. The zero-order chi connectivity index (χ0) is 20.0. The minimum Gasteiger partial charge on any atom is -0.394 e. The average Bonchev–Trinajstić information content (AvgIpc) is 2.66. The Labute approximate surface area is 160 Å². The van der Waals surface area contributed by atoms with Gasteiger partial charge in [-0.2, -0.15) is 5.26 Å². The largest absolute Gasteiger partial charge is 0.394 e. The first-order valence-electron chi connectivity index (χ1n) is 7.39. The van der Waals surface area contributed by atoms with E-state index in [9.17, 15) is 13.6 Å². The number of aliphatic hydroxyl groups is 2. The molecule has 0 saturated heterocycles. The van der Waals surface area contributed by atoms with Crippen LogP contribution < -0.4 is 10.8 Å². The Hall–Kier alpha value is -2.65.